The first-order valence-corrected chi connectivity index (χ1v) is 6.09. The van der Waals surface area contributed by atoms with Crippen LogP contribution in [0.4, 0.5) is 0 Å². The topological polar surface area (TPSA) is 36.7 Å². The van der Waals surface area contributed by atoms with Gasteiger partial charge in [-0.05, 0) is 27.9 Å². The molecule has 0 aliphatic rings. The Bertz CT molecular complexity index is 358. The summed E-state index contributed by atoms with van der Waals surface area (Å²) in [7, 11) is 0. The molecule has 0 unspecified atom stereocenters. The summed E-state index contributed by atoms with van der Waals surface area (Å²) in [5.41, 5.74) is 0.644. The van der Waals surface area contributed by atoms with Crippen molar-refractivity contribution in [2.75, 3.05) is 5.75 Å². The van der Waals surface area contributed by atoms with Crippen molar-refractivity contribution in [3.8, 4) is 6.07 Å². The van der Waals surface area contributed by atoms with E-state index in [9.17, 15) is 0 Å². The number of hydrogen-bond donors (Lipinski definition) is 0. The number of rotatable bonds is 3. The second kappa shape index (κ2) is 5.38. The number of pyridine rings is 1. The third-order valence-electron chi connectivity index (χ3n) is 1.49. The van der Waals surface area contributed by atoms with Gasteiger partial charge >= 0.3 is 0 Å². The third-order valence-corrected chi connectivity index (χ3v) is 3.36. The molecule has 0 saturated carbocycles. The highest BCUT2D eigenvalue weighted by molar-refractivity contribution is 9.10. The minimum absolute atomic E-state index is 0.608. The number of hydrogen-bond acceptors (Lipinski definition) is 3. The maximum Gasteiger partial charge on any atom is 0.114 e. The zero-order valence-electron chi connectivity index (χ0n) is 8.12. The van der Waals surface area contributed by atoms with Crippen LogP contribution in [0.5, 0.6) is 0 Å². The van der Waals surface area contributed by atoms with Gasteiger partial charge in [0.2, 0.25) is 0 Å². The number of nitrogens with zero attached hydrogens (tertiary/aromatic N) is 2. The average Bonchev–Trinajstić information content (AvgIpc) is 2.15. The zero-order valence-corrected chi connectivity index (χ0v) is 10.5. The highest BCUT2D eigenvalue weighted by Gasteiger charge is 2.05. The Morgan fingerprint density at radius 3 is 2.93 bits per heavy atom. The van der Waals surface area contributed by atoms with Gasteiger partial charge in [0.05, 0.1) is 5.56 Å². The number of thioether (sulfide) groups is 1. The van der Waals surface area contributed by atoms with Gasteiger partial charge in [0.25, 0.3) is 0 Å². The minimum atomic E-state index is 0.608. The number of nitriles is 1. The van der Waals surface area contributed by atoms with Gasteiger partial charge in [-0.1, -0.05) is 13.8 Å². The lowest BCUT2D eigenvalue weighted by Crippen LogP contribution is -1.93. The van der Waals surface area contributed by atoms with E-state index in [2.05, 4.69) is 40.8 Å². The first-order chi connectivity index (χ1) is 6.63. The summed E-state index contributed by atoms with van der Waals surface area (Å²) >= 11 is 4.93. The van der Waals surface area contributed by atoms with Crippen molar-refractivity contribution in [1.29, 1.82) is 5.26 Å². The van der Waals surface area contributed by atoms with E-state index in [0.717, 1.165) is 15.3 Å². The predicted molar refractivity (Wildman–Crippen MR) is 62.2 cm³/mol. The Kier molecular flexibility index (Phi) is 4.43. The van der Waals surface area contributed by atoms with Crippen molar-refractivity contribution in [1.82, 2.24) is 4.98 Å². The van der Waals surface area contributed by atoms with Crippen molar-refractivity contribution in [3.63, 3.8) is 0 Å². The lowest BCUT2D eigenvalue weighted by molar-refractivity contribution is 0.749. The van der Waals surface area contributed by atoms with Crippen LogP contribution in [-0.4, -0.2) is 10.7 Å². The van der Waals surface area contributed by atoms with Crippen LogP contribution < -0.4 is 0 Å². The Labute approximate surface area is 96.9 Å². The molecule has 0 saturated heterocycles. The van der Waals surface area contributed by atoms with Gasteiger partial charge in [-0.25, -0.2) is 4.98 Å². The lowest BCUT2D eigenvalue weighted by Gasteiger charge is -2.05. The number of aromatic nitrogens is 1. The van der Waals surface area contributed by atoms with E-state index >= 15 is 0 Å². The van der Waals surface area contributed by atoms with Gasteiger partial charge < -0.3 is 0 Å². The fourth-order valence-electron chi connectivity index (χ4n) is 0.867. The maximum absolute atomic E-state index is 8.88. The Morgan fingerprint density at radius 2 is 2.36 bits per heavy atom. The third kappa shape index (κ3) is 3.32. The van der Waals surface area contributed by atoms with Crippen LogP contribution >= 0.6 is 27.7 Å². The van der Waals surface area contributed by atoms with E-state index in [-0.39, 0.29) is 0 Å². The minimum Gasteiger partial charge on any atom is -0.247 e. The molecule has 0 fully saturated rings. The van der Waals surface area contributed by atoms with E-state index in [1.54, 1.807) is 24.0 Å². The van der Waals surface area contributed by atoms with E-state index in [0.29, 0.717) is 11.5 Å². The molecule has 1 aromatic rings. The summed E-state index contributed by atoms with van der Waals surface area (Å²) in [5, 5.41) is 9.71. The maximum atomic E-state index is 8.88. The fourth-order valence-corrected chi connectivity index (χ4v) is 2.08. The zero-order chi connectivity index (χ0) is 10.6. The summed E-state index contributed by atoms with van der Waals surface area (Å²) in [4.78, 5) is 4.21. The van der Waals surface area contributed by atoms with Gasteiger partial charge in [-0.2, -0.15) is 5.26 Å². The molecule has 0 bridgehead atoms. The summed E-state index contributed by atoms with van der Waals surface area (Å²) in [6.07, 6.45) is 1.73. The van der Waals surface area contributed by atoms with Crippen LogP contribution in [-0.2, 0) is 0 Å². The average molecular weight is 271 g/mol. The second-order valence-electron chi connectivity index (χ2n) is 3.32. The van der Waals surface area contributed by atoms with Gasteiger partial charge in [0.15, 0.2) is 0 Å². The normalized spacial score (nSPS) is 10.2. The molecule has 0 aromatic carbocycles. The van der Waals surface area contributed by atoms with Crippen molar-refractivity contribution < 1.29 is 0 Å². The quantitative estimate of drug-likeness (QED) is 0.790. The number of halogens is 1. The van der Waals surface area contributed by atoms with Crippen molar-refractivity contribution in [2.24, 2.45) is 5.92 Å². The molecular weight excluding hydrogens is 260 g/mol. The van der Waals surface area contributed by atoms with Crippen molar-refractivity contribution in [2.45, 2.75) is 18.9 Å². The molecule has 1 heterocycles. The van der Waals surface area contributed by atoms with E-state index in [1.807, 2.05) is 0 Å². The molecule has 0 radical (unpaired) electrons. The van der Waals surface area contributed by atoms with Gasteiger partial charge in [0, 0.05) is 16.4 Å². The molecule has 4 heteroatoms. The summed E-state index contributed by atoms with van der Waals surface area (Å²) in [6.45, 7) is 4.30. The smallest absolute Gasteiger partial charge is 0.114 e. The molecule has 14 heavy (non-hydrogen) atoms. The Hall–Kier alpha value is -0.530. The highest BCUT2D eigenvalue weighted by Crippen LogP contribution is 2.24. The molecule has 74 valence electrons. The molecule has 0 N–H and O–H groups in total. The predicted octanol–water partition coefficient (Wildman–Crippen LogP) is 3.46. The molecule has 2 nitrogen and oxygen atoms in total. The van der Waals surface area contributed by atoms with Crippen LogP contribution in [0.1, 0.15) is 19.4 Å². The molecule has 0 aliphatic carbocycles. The second-order valence-corrected chi connectivity index (χ2v) is 5.25. The molecule has 0 aliphatic heterocycles. The van der Waals surface area contributed by atoms with Crippen molar-refractivity contribution >= 4 is 27.7 Å². The van der Waals surface area contributed by atoms with Crippen LogP contribution in [0.25, 0.3) is 0 Å². The van der Waals surface area contributed by atoms with Gasteiger partial charge in [-0.15, -0.1) is 11.8 Å². The summed E-state index contributed by atoms with van der Waals surface area (Å²) < 4.78 is 0.850. The largest absolute Gasteiger partial charge is 0.247 e. The summed E-state index contributed by atoms with van der Waals surface area (Å²) in [6, 6.07) is 3.95. The van der Waals surface area contributed by atoms with Crippen LogP contribution in [0.15, 0.2) is 21.8 Å². The molecule has 0 atom stereocenters. The molecule has 1 rings (SSSR count). The van der Waals surface area contributed by atoms with E-state index in [1.165, 1.54) is 0 Å². The highest BCUT2D eigenvalue weighted by atomic mass is 79.9. The molecule has 0 spiro atoms. The molecule has 1 aromatic heterocycles. The van der Waals surface area contributed by atoms with Crippen molar-refractivity contribution in [3.05, 3.63) is 22.3 Å². The Morgan fingerprint density at radius 1 is 1.64 bits per heavy atom. The monoisotopic (exact) mass is 270 g/mol. The van der Waals surface area contributed by atoms with E-state index in [4.69, 9.17) is 5.26 Å². The van der Waals surface area contributed by atoms with E-state index < -0.39 is 0 Å². The van der Waals surface area contributed by atoms with Gasteiger partial charge in [0.1, 0.15) is 11.1 Å². The summed E-state index contributed by atoms with van der Waals surface area (Å²) in [5.74, 6) is 1.60. The standard InChI is InChI=1S/C10H11BrN2S/c1-7(2)6-14-10-8(4-12)3-9(11)5-13-10/h3,5,7H,6H2,1-2H3. The first kappa shape index (κ1) is 11.5. The molecule has 0 amide bonds. The van der Waals surface area contributed by atoms with Crippen LogP contribution in [0.2, 0.25) is 0 Å². The fraction of sp³-hybridized carbons (Fsp3) is 0.400. The first-order valence-electron chi connectivity index (χ1n) is 4.32. The van der Waals surface area contributed by atoms with Crippen LogP contribution in [0.3, 0.4) is 0 Å². The molecular formula is C10H11BrN2S. The van der Waals surface area contributed by atoms with Crippen LogP contribution in [0, 0.1) is 17.2 Å². The van der Waals surface area contributed by atoms with Gasteiger partial charge in [-0.3, -0.25) is 0 Å². The SMILES string of the molecule is CC(C)CSc1ncc(Br)cc1C#N. The lowest BCUT2D eigenvalue weighted by atomic mass is 10.3. The Balaban J connectivity index is 2.82.